The summed E-state index contributed by atoms with van der Waals surface area (Å²) in [5.74, 6) is -3.28. The number of rotatable bonds is 13. The molecule has 0 aromatic rings. The second-order valence-electron chi connectivity index (χ2n) is 16.2. The molecule has 16 heteroatoms. The van der Waals surface area contributed by atoms with Gasteiger partial charge in [0, 0.05) is 45.1 Å². The van der Waals surface area contributed by atoms with E-state index in [1.165, 1.54) is 13.2 Å². The average molecular weight is 826 g/mol. The number of aldehydes is 1. The number of esters is 3. The van der Waals surface area contributed by atoms with Gasteiger partial charge < -0.3 is 57.8 Å². The first-order valence-electron chi connectivity index (χ1n) is 20.5. The van der Waals surface area contributed by atoms with Gasteiger partial charge >= 0.3 is 17.9 Å². The third-order valence-electron chi connectivity index (χ3n) is 10.9. The average Bonchev–Trinajstić information content (AvgIpc) is 3.13. The Morgan fingerprint density at radius 3 is 2.29 bits per heavy atom. The number of nitrogens with zero attached hydrogens (tertiary/aromatic N) is 1. The van der Waals surface area contributed by atoms with Crippen molar-refractivity contribution in [2.75, 3.05) is 21.2 Å². The largest absolute Gasteiger partial charge is 0.462 e. The minimum Gasteiger partial charge on any atom is -0.462 e. The first-order chi connectivity index (χ1) is 27.4. The molecular weight excluding hydrogens is 758 g/mol. The van der Waals surface area contributed by atoms with Crippen LogP contribution < -0.4 is 0 Å². The van der Waals surface area contributed by atoms with Gasteiger partial charge in [-0.2, -0.15) is 0 Å². The Morgan fingerprint density at radius 1 is 0.983 bits per heavy atom. The Balaban J connectivity index is 2.00. The van der Waals surface area contributed by atoms with Crippen molar-refractivity contribution in [3.05, 3.63) is 24.3 Å². The van der Waals surface area contributed by atoms with Gasteiger partial charge in [0.05, 0.1) is 30.8 Å². The van der Waals surface area contributed by atoms with Crippen LogP contribution in [-0.4, -0.2) is 145 Å². The topological polar surface area (TPSA) is 203 Å². The van der Waals surface area contributed by atoms with Crippen LogP contribution in [0.3, 0.4) is 0 Å². The van der Waals surface area contributed by atoms with Crippen LogP contribution in [0.1, 0.15) is 99.8 Å². The minimum absolute atomic E-state index is 0.0121. The standard InChI is InChI=1S/C42H67NO15/c1-11-16-32(47)56-40-27(6)53-34(23-42(40,7)50)57-37-26(5)54-41(36(49)35(37)43(8)9)58-38-28(19-20-44)21-24(3)29(45)18-15-13-14-17-25(4)52-33(48)22-30(39(38)51-10)55-31(46)12-2/h13-15,18,20,24-28,30,34-41,49-50H,11-12,16-17,19,21-23H2,1-10H3. The van der Waals surface area contributed by atoms with Gasteiger partial charge in [-0.25, -0.2) is 0 Å². The Bertz CT molecular complexity index is 1420. The number of carbonyl (C=O) groups is 5. The van der Waals surface area contributed by atoms with Crippen molar-refractivity contribution >= 4 is 30.0 Å². The highest BCUT2D eigenvalue weighted by molar-refractivity contribution is 5.91. The second-order valence-corrected chi connectivity index (χ2v) is 16.2. The highest BCUT2D eigenvalue weighted by atomic mass is 16.7. The van der Waals surface area contributed by atoms with E-state index in [9.17, 15) is 34.2 Å². The SMILES string of the molecule is CCCC(=O)OC1C(C)OC(OC2C(C)OC(OC3C(CC=O)CC(C)C(=O)C=CC=CCC(C)OC(=O)CC(OC(=O)CC)C3OC)C(O)C2N(C)C)CC1(C)O. The molecule has 3 heterocycles. The number of ether oxygens (including phenoxy) is 8. The molecule has 0 aromatic carbocycles. The van der Waals surface area contributed by atoms with Gasteiger partial charge in [-0.1, -0.05) is 39.0 Å². The highest BCUT2D eigenvalue weighted by Gasteiger charge is 2.53. The molecule has 0 saturated carbocycles. The van der Waals surface area contributed by atoms with Crippen molar-refractivity contribution in [1.82, 2.24) is 4.90 Å². The quantitative estimate of drug-likeness (QED) is 0.155. The fraction of sp³-hybridized carbons (Fsp3) is 0.786. The lowest BCUT2D eigenvalue weighted by molar-refractivity contribution is -0.344. The highest BCUT2D eigenvalue weighted by Crippen LogP contribution is 2.37. The van der Waals surface area contributed by atoms with Crippen LogP contribution in [0.25, 0.3) is 0 Å². The van der Waals surface area contributed by atoms with Crippen LogP contribution in [0.4, 0.5) is 0 Å². The number of methoxy groups -OCH3 is 1. The molecule has 0 aromatic heterocycles. The van der Waals surface area contributed by atoms with Crippen LogP contribution in [0.2, 0.25) is 0 Å². The van der Waals surface area contributed by atoms with Crippen LogP contribution >= 0.6 is 0 Å². The minimum atomic E-state index is -1.50. The molecule has 330 valence electrons. The summed E-state index contributed by atoms with van der Waals surface area (Å²) in [6, 6.07) is -0.793. The second kappa shape index (κ2) is 23.1. The van der Waals surface area contributed by atoms with E-state index in [2.05, 4.69) is 0 Å². The third-order valence-corrected chi connectivity index (χ3v) is 10.9. The molecule has 2 N–H and O–H groups in total. The van der Waals surface area contributed by atoms with E-state index in [-0.39, 0.29) is 37.9 Å². The monoisotopic (exact) mass is 825 g/mol. The lowest BCUT2D eigenvalue weighted by atomic mass is 9.83. The summed E-state index contributed by atoms with van der Waals surface area (Å²) in [6.45, 7) is 11.9. The molecule has 0 aliphatic carbocycles. The summed E-state index contributed by atoms with van der Waals surface area (Å²) in [6.07, 6.45) is -3.34. The molecule has 3 aliphatic heterocycles. The van der Waals surface area contributed by atoms with Crippen LogP contribution in [0.5, 0.6) is 0 Å². The Morgan fingerprint density at radius 2 is 1.69 bits per heavy atom. The zero-order valence-corrected chi connectivity index (χ0v) is 35.8. The van der Waals surface area contributed by atoms with Crippen molar-refractivity contribution in [3.63, 3.8) is 0 Å². The number of hydrogen-bond donors (Lipinski definition) is 2. The third kappa shape index (κ3) is 13.7. The van der Waals surface area contributed by atoms with Gasteiger partial charge in [-0.3, -0.25) is 19.2 Å². The van der Waals surface area contributed by atoms with Gasteiger partial charge in [0.15, 0.2) is 24.5 Å². The molecular formula is C42H67NO15. The van der Waals surface area contributed by atoms with Gasteiger partial charge in [0.25, 0.3) is 0 Å². The van der Waals surface area contributed by atoms with E-state index in [1.807, 2.05) is 6.92 Å². The van der Waals surface area contributed by atoms with E-state index in [0.717, 1.165) is 0 Å². The maximum absolute atomic E-state index is 13.3. The number of carbonyl (C=O) groups excluding carboxylic acids is 5. The number of likely N-dealkylation sites (N-methyl/N-ethyl adjacent to an activating group) is 1. The van der Waals surface area contributed by atoms with Gasteiger partial charge in [-0.15, -0.1) is 0 Å². The number of allylic oxidation sites excluding steroid dienone is 3. The summed E-state index contributed by atoms with van der Waals surface area (Å²) in [4.78, 5) is 65.7. The Labute approximate surface area is 342 Å². The Kier molecular flexibility index (Phi) is 19.6. The smallest absolute Gasteiger partial charge is 0.309 e. The number of ketones is 1. The summed E-state index contributed by atoms with van der Waals surface area (Å²) in [7, 11) is 4.83. The molecule has 16 nitrogen and oxygen atoms in total. The van der Waals surface area contributed by atoms with Gasteiger partial charge in [0.1, 0.15) is 42.4 Å². The fourth-order valence-corrected chi connectivity index (χ4v) is 7.90. The first-order valence-corrected chi connectivity index (χ1v) is 20.5. The lowest BCUT2D eigenvalue weighted by Crippen LogP contribution is -2.66. The van der Waals surface area contributed by atoms with Crippen molar-refractivity contribution < 1.29 is 72.1 Å². The summed E-state index contributed by atoms with van der Waals surface area (Å²) in [5, 5.41) is 23.5. The molecule has 2 saturated heterocycles. The van der Waals surface area contributed by atoms with Crippen molar-refractivity contribution in [1.29, 1.82) is 0 Å². The van der Waals surface area contributed by atoms with E-state index in [1.54, 1.807) is 78.8 Å². The number of aliphatic hydroxyl groups is 2. The zero-order valence-electron chi connectivity index (χ0n) is 35.8. The van der Waals surface area contributed by atoms with E-state index >= 15 is 0 Å². The molecule has 58 heavy (non-hydrogen) atoms. The lowest BCUT2D eigenvalue weighted by Gasteiger charge is -2.50. The summed E-state index contributed by atoms with van der Waals surface area (Å²) >= 11 is 0. The summed E-state index contributed by atoms with van der Waals surface area (Å²) in [5.41, 5.74) is -1.50. The molecule has 3 rings (SSSR count). The molecule has 0 spiro atoms. The predicted octanol–water partition coefficient (Wildman–Crippen LogP) is 3.37. The molecule has 0 bridgehead atoms. The Hall–Kier alpha value is -3.09. The summed E-state index contributed by atoms with van der Waals surface area (Å²) < 4.78 is 48.6. The molecule has 3 aliphatic rings. The molecule has 15 unspecified atom stereocenters. The zero-order chi connectivity index (χ0) is 43.3. The maximum atomic E-state index is 13.3. The van der Waals surface area contributed by atoms with E-state index in [4.69, 9.17) is 37.9 Å². The van der Waals surface area contributed by atoms with Crippen molar-refractivity contribution in [2.24, 2.45) is 11.8 Å². The number of cyclic esters (lactones) is 1. The number of aliphatic hydroxyl groups excluding tert-OH is 1. The molecule has 0 radical (unpaired) electrons. The number of hydrogen-bond acceptors (Lipinski definition) is 16. The molecule has 0 amide bonds. The maximum Gasteiger partial charge on any atom is 0.309 e. The van der Waals surface area contributed by atoms with E-state index in [0.29, 0.717) is 19.1 Å². The molecule has 15 atom stereocenters. The fourth-order valence-electron chi connectivity index (χ4n) is 7.90. The van der Waals surface area contributed by atoms with Gasteiger partial charge in [0.2, 0.25) is 0 Å². The molecule has 2 fully saturated rings. The predicted molar refractivity (Wildman–Crippen MR) is 209 cm³/mol. The first kappa shape index (κ1) is 49.3. The van der Waals surface area contributed by atoms with E-state index < -0.39 is 115 Å². The van der Waals surface area contributed by atoms with Gasteiger partial charge in [-0.05, 0) is 66.6 Å². The van der Waals surface area contributed by atoms with Crippen molar-refractivity contribution in [3.8, 4) is 0 Å². The van der Waals surface area contributed by atoms with Crippen LogP contribution in [0.15, 0.2) is 24.3 Å². The van der Waals surface area contributed by atoms with Crippen LogP contribution in [0, 0.1) is 11.8 Å². The van der Waals surface area contributed by atoms with Crippen molar-refractivity contribution in [2.45, 2.75) is 179 Å². The normalized spacial score (nSPS) is 38.2. The van der Waals surface area contributed by atoms with Crippen LogP contribution in [-0.2, 0) is 61.9 Å².